The minimum Gasteiger partial charge on any atom is -0.451 e. The summed E-state index contributed by atoms with van der Waals surface area (Å²) in [6.45, 7) is 0.805. The van der Waals surface area contributed by atoms with Crippen LogP contribution >= 0.6 is 11.6 Å². The number of hydrogen-bond acceptors (Lipinski definition) is 5. The van der Waals surface area contributed by atoms with E-state index in [0.29, 0.717) is 24.7 Å². The molecule has 0 aliphatic carbocycles. The first-order chi connectivity index (χ1) is 12.6. The molecule has 3 aromatic rings. The molecule has 5 nitrogen and oxygen atoms in total. The normalized spacial score (nSPS) is 16.8. The maximum Gasteiger partial charge on any atom is 0.260 e. The van der Waals surface area contributed by atoms with Gasteiger partial charge in [0.15, 0.2) is 0 Å². The van der Waals surface area contributed by atoms with Gasteiger partial charge in [-0.05, 0) is 41.5 Å². The van der Waals surface area contributed by atoms with Gasteiger partial charge in [0.2, 0.25) is 0 Å². The molecular formula is C19H15ClFN3O2. The number of aliphatic hydroxyl groups is 1. The summed E-state index contributed by atoms with van der Waals surface area (Å²) >= 11 is 5.75. The van der Waals surface area contributed by atoms with E-state index < -0.39 is 12.2 Å². The van der Waals surface area contributed by atoms with Gasteiger partial charge in [-0.15, -0.1) is 0 Å². The third kappa shape index (κ3) is 3.39. The Kier molecular flexibility index (Phi) is 4.55. The van der Waals surface area contributed by atoms with Crippen molar-refractivity contribution in [3.63, 3.8) is 0 Å². The van der Waals surface area contributed by atoms with Crippen molar-refractivity contribution in [3.8, 4) is 16.9 Å². The van der Waals surface area contributed by atoms with E-state index in [4.69, 9.17) is 16.3 Å². The van der Waals surface area contributed by atoms with Crippen LogP contribution in [0.3, 0.4) is 0 Å². The van der Waals surface area contributed by atoms with Crippen molar-refractivity contribution in [2.45, 2.75) is 19.5 Å². The van der Waals surface area contributed by atoms with Crippen molar-refractivity contribution in [3.05, 3.63) is 77.1 Å². The van der Waals surface area contributed by atoms with Crippen LogP contribution in [-0.2, 0) is 13.1 Å². The van der Waals surface area contributed by atoms with Crippen LogP contribution in [0.2, 0.25) is 5.02 Å². The molecule has 4 rings (SSSR count). The van der Waals surface area contributed by atoms with E-state index in [1.165, 1.54) is 12.1 Å². The fraction of sp³-hybridized carbons (Fsp3) is 0.158. The summed E-state index contributed by atoms with van der Waals surface area (Å²) in [6.07, 6.45) is 2.23. The van der Waals surface area contributed by atoms with Crippen LogP contribution in [0, 0.1) is 5.82 Å². The number of nitrogens with zero attached hydrogens (tertiary/aromatic N) is 3. The summed E-state index contributed by atoms with van der Waals surface area (Å²) in [5.74, 6) is 0.729. The van der Waals surface area contributed by atoms with E-state index in [1.54, 1.807) is 35.5 Å². The van der Waals surface area contributed by atoms with Crippen LogP contribution in [0.1, 0.15) is 11.4 Å². The van der Waals surface area contributed by atoms with Gasteiger partial charge in [-0.1, -0.05) is 23.7 Å². The van der Waals surface area contributed by atoms with Gasteiger partial charge in [-0.2, -0.15) is 0 Å². The zero-order chi connectivity index (χ0) is 18.1. The van der Waals surface area contributed by atoms with Crippen molar-refractivity contribution < 1.29 is 14.2 Å². The van der Waals surface area contributed by atoms with Gasteiger partial charge >= 0.3 is 0 Å². The Balaban J connectivity index is 1.61. The van der Waals surface area contributed by atoms with Gasteiger partial charge in [-0.25, -0.2) is 19.3 Å². The third-order valence-corrected chi connectivity index (χ3v) is 4.50. The Hall–Kier alpha value is -2.54. The minimum atomic E-state index is -1.08. The Morgan fingerprint density at radius 1 is 1.15 bits per heavy atom. The fourth-order valence-corrected chi connectivity index (χ4v) is 3.00. The molecule has 0 fully saturated rings. The molecule has 2 aromatic carbocycles. The van der Waals surface area contributed by atoms with Crippen molar-refractivity contribution in [2.75, 3.05) is 0 Å². The highest BCUT2D eigenvalue weighted by Gasteiger charge is 2.26. The van der Waals surface area contributed by atoms with E-state index in [9.17, 15) is 9.50 Å². The number of aromatic nitrogens is 2. The highest BCUT2D eigenvalue weighted by Crippen LogP contribution is 2.33. The molecule has 1 atom stereocenters. The number of halogens is 2. The van der Waals surface area contributed by atoms with Gasteiger partial charge in [0.25, 0.3) is 6.41 Å². The summed E-state index contributed by atoms with van der Waals surface area (Å²) in [6, 6.07) is 12.0. The van der Waals surface area contributed by atoms with E-state index >= 15 is 0 Å². The van der Waals surface area contributed by atoms with E-state index in [1.807, 2.05) is 12.1 Å². The predicted octanol–water partition coefficient (Wildman–Crippen LogP) is 3.61. The van der Waals surface area contributed by atoms with Crippen molar-refractivity contribution in [2.24, 2.45) is 0 Å². The van der Waals surface area contributed by atoms with Crippen molar-refractivity contribution in [1.29, 1.82) is 0 Å². The standard InChI is InChI=1S/C19H15ClFN3O2/c20-15-4-2-13(9-16(15)21)12-3-5-17-14(8-12)10-24(19(25)26-17)11-18-22-6-1-7-23-18/h1-9,19,25H,10-11H2. The Bertz CT molecular complexity index is 939. The average Bonchev–Trinajstić information content (AvgIpc) is 2.65. The minimum absolute atomic E-state index is 0.0900. The monoisotopic (exact) mass is 371 g/mol. The molecule has 0 spiro atoms. The lowest BCUT2D eigenvalue weighted by Crippen LogP contribution is -2.42. The number of fused-ring (bicyclic) bond motifs is 1. The molecule has 0 radical (unpaired) electrons. The largest absolute Gasteiger partial charge is 0.451 e. The van der Waals surface area contributed by atoms with Gasteiger partial charge in [0, 0.05) is 24.5 Å². The van der Waals surface area contributed by atoms with Crippen molar-refractivity contribution in [1.82, 2.24) is 14.9 Å². The Morgan fingerprint density at radius 3 is 2.65 bits per heavy atom. The van der Waals surface area contributed by atoms with Crippen LogP contribution in [-0.4, -0.2) is 26.4 Å². The maximum atomic E-state index is 13.7. The first-order valence-electron chi connectivity index (χ1n) is 8.03. The van der Waals surface area contributed by atoms with Gasteiger partial charge in [-0.3, -0.25) is 0 Å². The third-order valence-electron chi connectivity index (χ3n) is 4.20. The molecule has 26 heavy (non-hydrogen) atoms. The molecule has 1 N–H and O–H groups in total. The summed E-state index contributed by atoms with van der Waals surface area (Å²) < 4.78 is 19.3. The maximum absolute atomic E-state index is 13.7. The van der Waals surface area contributed by atoms with E-state index in [0.717, 1.165) is 16.7 Å². The second kappa shape index (κ2) is 6.99. The molecule has 1 aliphatic heterocycles. The summed E-state index contributed by atoms with van der Waals surface area (Å²) in [5, 5.41) is 10.3. The van der Waals surface area contributed by atoms with Crippen LogP contribution in [0.25, 0.3) is 11.1 Å². The van der Waals surface area contributed by atoms with Gasteiger partial charge in [0.05, 0.1) is 11.6 Å². The molecular weight excluding hydrogens is 357 g/mol. The average molecular weight is 372 g/mol. The first-order valence-corrected chi connectivity index (χ1v) is 8.41. The van der Waals surface area contributed by atoms with E-state index in [2.05, 4.69) is 9.97 Å². The molecule has 0 bridgehead atoms. The van der Waals surface area contributed by atoms with Crippen LogP contribution in [0.15, 0.2) is 54.9 Å². The highest BCUT2D eigenvalue weighted by atomic mass is 35.5. The van der Waals surface area contributed by atoms with Crippen LogP contribution < -0.4 is 4.74 Å². The predicted molar refractivity (Wildman–Crippen MR) is 94.8 cm³/mol. The second-order valence-electron chi connectivity index (χ2n) is 5.97. The lowest BCUT2D eigenvalue weighted by molar-refractivity contribution is -0.156. The van der Waals surface area contributed by atoms with Gasteiger partial charge < -0.3 is 9.84 Å². The molecule has 7 heteroatoms. The molecule has 2 heterocycles. The topological polar surface area (TPSA) is 58.5 Å². The summed E-state index contributed by atoms with van der Waals surface area (Å²) in [5.41, 5.74) is 2.45. The molecule has 1 aromatic heterocycles. The van der Waals surface area contributed by atoms with E-state index in [-0.39, 0.29) is 5.02 Å². The lowest BCUT2D eigenvalue weighted by atomic mass is 10.0. The molecule has 132 valence electrons. The van der Waals surface area contributed by atoms with Crippen molar-refractivity contribution >= 4 is 11.6 Å². The second-order valence-corrected chi connectivity index (χ2v) is 6.37. The zero-order valence-electron chi connectivity index (χ0n) is 13.6. The quantitative estimate of drug-likeness (QED) is 0.762. The number of hydrogen-bond donors (Lipinski definition) is 1. The number of rotatable bonds is 3. The molecule has 0 saturated heterocycles. The van der Waals surface area contributed by atoms with Gasteiger partial charge in [0.1, 0.15) is 17.4 Å². The number of benzene rings is 2. The Labute approximate surface area is 154 Å². The molecule has 0 amide bonds. The summed E-state index contributed by atoms with van der Waals surface area (Å²) in [4.78, 5) is 10.1. The smallest absolute Gasteiger partial charge is 0.260 e. The number of aliphatic hydroxyl groups excluding tert-OH is 1. The molecule has 0 saturated carbocycles. The summed E-state index contributed by atoms with van der Waals surface area (Å²) in [7, 11) is 0. The lowest BCUT2D eigenvalue weighted by Gasteiger charge is -2.33. The Morgan fingerprint density at radius 2 is 1.88 bits per heavy atom. The SMILES string of the molecule is OC1Oc2ccc(-c3ccc(Cl)c(F)c3)cc2CN1Cc1ncccn1. The zero-order valence-corrected chi connectivity index (χ0v) is 14.4. The first kappa shape index (κ1) is 16.9. The van der Waals surface area contributed by atoms with Crippen LogP contribution in [0.4, 0.5) is 4.39 Å². The fourth-order valence-electron chi connectivity index (χ4n) is 2.89. The molecule has 1 unspecified atom stereocenters. The molecule has 1 aliphatic rings. The highest BCUT2D eigenvalue weighted by molar-refractivity contribution is 6.30. The number of ether oxygens (including phenoxy) is 1. The van der Waals surface area contributed by atoms with Crippen LogP contribution in [0.5, 0.6) is 5.75 Å².